The van der Waals surface area contributed by atoms with Gasteiger partial charge in [-0.2, -0.15) is 0 Å². The van der Waals surface area contributed by atoms with E-state index in [1.165, 1.54) is 16.5 Å². The van der Waals surface area contributed by atoms with Crippen molar-refractivity contribution in [2.24, 2.45) is 0 Å². The Balaban J connectivity index is 1.80. The zero-order chi connectivity index (χ0) is 9.10. The molecule has 2 rings (SSSR count). The Hall–Kier alpha value is -0.795. The number of allylic oxidation sites excluding steroid dienone is 5. The molecule has 3 heteroatoms. The van der Waals surface area contributed by atoms with Crippen LogP contribution in [0.4, 0.5) is 0 Å². The Morgan fingerprint density at radius 3 is 3.15 bits per heavy atom. The van der Waals surface area contributed by atoms with Crippen LogP contribution in [-0.4, -0.2) is 20.5 Å². The van der Waals surface area contributed by atoms with Crippen molar-refractivity contribution in [2.75, 3.05) is 13.2 Å². The molecular weight excluding hydrogens is 163 g/mol. The number of hydrogen-bond donors (Lipinski definition) is 0. The highest BCUT2D eigenvalue weighted by Crippen LogP contribution is 2.27. The predicted octanol–water partition coefficient (Wildman–Crippen LogP) is 1.50. The molecule has 0 N–H and O–H groups in total. The highest BCUT2D eigenvalue weighted by Gasteiger charge is 2.17. The number of rotatable bonds is 4. The van der Waals surface area contributed by atoms with Crippen LogP contribution in [0.3, 0.4) is 0 Å². The van der Waals surface area contributed by atoms with E-state index in [2.05, 4.69) is 18.2 Å². The van der Waals surface area contributed by atoms with Gasteiger partial charge in [-0.3, -0.25) is 0 Å². The molecule has 0 saturated heterocycles. The van der Waals surface area contributed by atoms with Gasteiger partial charge in [0.1, 0.15) is 0 Å². The van der Waals surface area contributed by atoms with Crippen LogP contribution in [0.1, 0.15) is 13.3 Å². The van der Waals surface area contributed by atoms with Gasteiger partial charge in [0.15, 0.2) is 7.28 Å². The fourth-order valence-corrected chi connectivity index (χ4v) is 1.73. The standard InChI is InChI=1S/C10H13BO2/c1-2-12-13-7-9-6-8-4-3-5-10(8)11-9/h3,5-6,11H,2,4,7H2,1H3. The van der Waals surface area contributed by atoms with Crippen molar-refractivity contribution in [1.29, 1.82) is 0 Å². The summed E-state index contributed by atoms with van der Waals surface area (Å²) >= 11 is 0. The lowest BCUT2D eigenvalue weighted by Gasteiger charge is -2.02. The fraction of sp³-hybridized carbons (Fsp3) is 0.400. The van der Waals surface area contributed by atoms with E-state index in [-0.39, 0.29) is 0 Å². The molecule has 1 aliphatic heterocycles. The second kappa shape index (κ2) is 3.94. The van der Waals surface area contributed by atoms with E-state index in [0.717, 1.165) is 13.7 Å². The third-order valence-electron chi connectivity index (χ3n) is 2.31. The summed E-state index contributed by atoms with van der Waals surface area (Å²) in [6, 6.07) is 0. The van der Waals surface area contributed by atoms with Gasteiger partial charge in [-0.25, -0.2) is 9.78 Å². The van der Waals surface area contributed by atoms with Crippen LogP contribution in [0.2, 0.25) is 0 Å². The van der Waals surface area contributed by atoms with Crippen LogP contribution in [-0.2, 0) is 9.78 Å². The van der Waals surface area contributed by atoms with Crippen LogP contribution >= 0.6 is 0 Å². The molecule has 0 amide bonds. The van der Waals surface area contributed by atoms with Crippen LogP contribution in [0.25, 0.3) is 0 Å². The lowest BCUT2D eigenvalue weighted by atomic mass is 9.66. The molecule has 0 aromatic rings. The maximum Gasteiger partial charge on any atom is 0.190 e. The van der Waals surface area contributed by atoms with E-state index in [4.69, 9.17) is 9.78 Å². The summed E-state index contributed by atoms with van der Waals surface area (Å²) in [5, 5.41) is 0. The van der Waals surface area contributed by atoms with Crippen LogP contribution in [0.5, 0.6) is 0 Å². The highest BCUT2D eigenvalue weighted by molar-refractivity contribution is 6.57. The zero-order valence-corrected chi connectivity index (χ0v) is 7.88. The van der Waals surface area contributed by atoms with Gasteiger partial charge in [0.25, 0.3) is 0 Å². The number of hydrogen-bond acceptors (Lipinski definition) is 2. The van der Waals surface area contributed by atoms with Crippen molar-refractivity contribution in [3.63, 3.8) is 0 Å². The predicted molar refractivity (Wildman–Crippen MR) is 53.6 cm³/mol. The van der Waals surface area contributed by atoms with E-state index in [1.54, 1.807) is 0 Å². The monoisotopic (exact) mass is 176 g/mol. The summed E-state index contributed by atoms with van der Waals surface area (Å²) < 4.78 is 0. The van der Waals surface area contributed by atoms with E-state index in [9.17, 15) is 0 Å². The van der Waals surface area contributed by atoms with Gasteiger partial charge < -0.3 is 0 Å². The van der Waals surface area contributed by atoms with Crippen molar-refractivity contribution < 1.29 is 9.78 Å². The minimum absolute atomic E-state index is 0.606. The first-order valence-corrected chi connectivity index (χ1v) is 4.72. The van der Waals surface area contributed by atoms with E-state index in [1.807, 2.05) is 6.92 Å². The lowest BCUT2D eigenvalue weighted by Crippen LogP contribution is -2.04. The van der Waals surface area contributed by atoms with Crippen molar-refractivity contribution in [1.82, 2.24) is 0 Å². The Bertz CT molecular complexity index is 289. The maximum atomic E-state index is 5.01. The SMILES string of the molecule is CCOOCC1=CC2=C(B1)C=CC2. The van der Waals surface area contributed by atoms with Crippen molar-refractivity contribution >= 4 is 7.28 Å². The second-order valence-electron chi connectivity index (χ2n) is 3.31. The Morgan fingerprint density at radius 1 is 1.46 bits per heavy atom. The average molecular weight is 176 g/mol. The van der Waals surface area contributed by atoms with Crippen molar-refractivity contribution in [3.05, 3.63) is 34.7 Å². The van der Waals surface area contributed by atoms with Crippen molar-refractivity contribution in [2.45, 2.75) is 13.3 Å². The molecular formula is C10H13BO2. The van der Waals surface area contributed by atoms with Gasteiger partial charge in [-0.1, -0.05) is 34.7 Å². The molecule has 1 heterocycles. The summed E-state index contributed by atoms with van der Waals surface area (Å²) in [4.78, 5) is 9.85. The maximum absolute atomic E-state index is 5.01. The first kappa shape index (κ1) is 8.79. The highest BCUT2D eigenvalue weighted by atomic mass is 17.2. The summed E-state index contributed by atoms with van der Waals surface area (Å²) in [6.07, 6.45) is 7.74. The minimum Gasteiger partial charge on any atom is -0.237 e. The van der Waals surface area contributed by atoms with E-state index < -0.39 is 0 Å². The zero-order valence-electron chi connectivity index (χ0n) is 7.88. The summed E-state index contributed by atoms with van der Waals surface area (Å²) in [6.45, 7) is 3.14. The summed E-state index contributed by atoms with van der Waals surface area (Å²) in [5.41, 5.74) is 4.23. The molecule has 0 saturated carbocycles. The van der Waals surface area contributed by atoms with Gasteiger partial charge in [0.05, 0.1) is 13.2 Å². The van der Waals surface area contributed by atoms with Crippen LogP contribution in [0.15, 0.2) is 34.7 Å². The molecule has 2 aliphatic rings. The van der Waals surface area contributed by atoms with Gasteiger partial charge in [-0.05, 0) is 13.3 Å². The largest absolute Gasteiger partial charge is 0.237 e. The summed E-state index contributed by atoms with van der Waals surface area (Å²) in [5.74, 6) is 0. The molecule has 0 spiro atoms. The Kier molecular flexibility index (Phi) is 2.66. The molecule has 0 atom stereocenters. The first-order chi connectivity index (χ1) is 6.40. The third-order valence-corrected chi connectivity index (χ3v) is 2.31. The first-order valence-electron chi connectivity index (χ1n) is 4.72. The molecule has 68 valence electrons. The molecule has 2 nitrogen and oxygen atoms in total. The normalized spacial score (nSPS) is 19.0. The molecule has 13 heavy (non-hydrogen) atoms. The smallest absolute Gasteiger partial charge is 0.190 e. The van der Waals surface area contributed by atoms with Gasteiger partial charge in [-0.15, -0.1) is 0 Å². The lowest BCUT2D eigenvalue weighted by molar-refractivity contribution is -0.283. The van der Waals surface area contributed by atoms with Gasteiger partial charge in [0.2, 0.25) is 0 Å². The Labute approximate surface area is 79.1 Å². The van der Waals surface area contributed by atoms with Gasteiger partial charge in [0, 0.05) is 0 Å². The quantitative estimate of drug-likeness (QED) is 0.279. The van der Waals surface area contributed by atoms with E-state index in [0.29, 0.717) is 13.2 Å². The molecule has 0 fully saturated rings. The summed E-state index contributed by atoms with van der Waals surface area (Å²) in [7, 11) is 1.04. The molecule has 0 bridgehead atoms. The van der Waals surface area contributed by atoms with Gasteiger partial charge >= 0.3 is 0 Å². The van der Waals surface area contributed by atoms with Crippen molar-refractivity contribution in [3.8, 4) is 0 Å². The minimum atomic E-state index is 0.606. The average Bonchev–Trinajstić information content (AvgIpc) is 2.64. The van der Waals surface area contributed by atoms with E-state index >= 15 is 0 Å². The second-order valence-corrected chi connectivity index (χ2v) is 3.31. The molecule has 0 unspecified atom stereocenters. The Morgan fingerprint density at radius 2 is 2.38 bits per heavy atom. The van der Waals surface area contributed by atoms with Crippen LogP contribution < -0.4 is 0 Å². The molecule has 0 radical (unpaired) electrons. The molecule has 1 aliphatic carbocycles. The fourth-order valence-electron chi connectivity index (χ4n) is 1.73. The topological polar surface area (TPSA) is 18.5 Å². The van der Waals surface area contributed by atoms with Crippen LogP contribution in [0, 0.1) is 0 Å². The third kappa shape index (κ3) is 1.93. The molecule has 0 aromatic carbocycles. The molecule has 0 aromatic heterocycles.